The van der Waals surface area contributed by atoms with Crippen LogP contribution in [0.25, 0.3) is 44.5 Å². The first-order valence-corrected chi connectivity index (χ1v) is 12.5. The number of rotatable bonds is 4. The van der Waals surface area contributed by atoms with Crippen LogP contribution < -0.4 is 0 Å². The molecule has 7 rings (SSSR count). The molecule has 3 aromatic carbocycles. The van der Waals surface area contributed by atoms with Crippen molar-refractivity contribution in [2.24, 2.45) is 0 Å². The summed E-state index contributed by atoms with van der Waals surface area (Å²) in [5, 5.41) is 0.608. The number of carbonyl (C=O) groups excluding carboxylic acids is 1. The Hall–Kier alpha value is -5.05. The van der Waals surface area contributed by atoms with Gasteiger partial charge in [-0.2, -0.15) is 13.2 Å². The normalized spacial score (nSPS) is 15.1. The van der Waals surface area contributed by atoms with Crippen molar-refractivity contribution in [2.45, 2.75) is 18.2 Å². The number of H-pyrrole nitrogens is 1. The van der Waals surface area contributed by atoms with E-state index in [4.69, 9.17) is 9.72 Å². The summed E-state index contributed by atoms with van der Waals surface area (Å²) in [6.07, 6.45) is -1.48. The number of esters is 1. The Morgan fingerprint density at radius 2 is 1.65 bits per heavy atom. The molecule has 6 aromatic rings. The van der Waals surface area contributed by atoms with E-state index in [1.54, 1.807) is 55.0 Å². The maximum atomic E-state index is 13.6. The highest BCUT2D eigenvalue weighted by atomic mass is 19.4. The Balaban J connectivity index is 1.47. The lowest BCUT2D eigenvalue weighted by Crippen LogP contribution is -2.29. The number of hydrogen-bond donors (Lipinski definition) is 1. The van der Waals surface area contributed by atoms with E-state index >= 15 is 0 Å². The van der Waals surface area contributed by atoms with Crippen molar-refractivity contribution in [2.75, 3.05) is 0 Å². The highest BCUT2D eigenvalue weighted by Gasteiger charge is 2.46. The zero-order valence-corrected chi connectivity index (χ0v) is 20.7. The highest BCUT2D eigenvalue weighted by Crippen LogP contribution is 2.54. The fraction of sp³-hybridized carbons (Fsp3) is 0.0968. The molecule has 0 saturated carbocycles. The van der Waals surface area contributed by atoms with Gasteiger partial charge in [0.1, 0.15) is 11.9 Å². The molecule has 0 fully saturated rings. The molecule has 3 heterocycles. The molecule has 0 radical (unpaired) electrons. The van der Waals surface area contributed by atoms with Gasteiger partial charge in [-0.25, -0.2) is 9.78 Å². The van der Waals surface area contributed by atoms with Crippen molar-refractivity contribution in [1.29, 1.82) is 0 Å². The number of pyridine rings is 2. The van der Waals surface area contributed by atoms with Gasteiger partial charge in [0, 0.05) is 28.9 Å². The summed E-state index contributed by atoms with van der Waals surface area (Å²) in [6, 6.07) is 23.6. The Bertz CT molecular complexity index is 1890. The van der Waals surface area contributed by atoms with Crippen LogP contribution in [0, 0.1) is 0 Å². The standard InChI is InChI=1S/C31H19F3N4O2/c32-31(33,34)30(39)40-28(20-8-4-12-23-17(20)11-5-14-36-23)27-19-7-2-1-6-18(19)26-21(27)9-3-10-22(26)29-37-24-13-15-35-16-25(24)38-29/h1-16,27-28H,(H,37,38). The molecular weight excluding hydrogens is 517 g/mol. The second-order valence-electron chi connectivity index (χ2n) is 9.55. The molecule has 1 aliphatic rings. The molecule has 6 nitrogen and oxygen atoms in total. The van der Waals surface area contributed by atoms with E-state index in [2.05, 4.69) is 15.0 Å². The third-order valence-corrected chi connectivity index (χ3v) is 7.29. The molecule has 0 aliphatic heterocycles. The molecule has 3 aromatic heterocycles. The van der Waals surface area contributed by atoms with Crippen LogP contribution in [0.4, 0.5) is 13.2 Å². The van der Waals surface area contributed by atoms with Gasteiger partial charge < -0.3 is 9.72 Å². The van der Waals surface area contributed by atoms with Crippen LogP contribution in [0.1, 0.15) is 28.7 Å². The average molecular weight is 537 g/mol. The number of aromatic nitrogens is 4. The molecule has 1 aliphatic carbocycles. The zero-order valence-electron chi connectivity index (χ0n) is 20.7. The number of alkyl halides is 3. The largest absolute Gasteiger partial charge is 0.490 e. The van der Waals surface area contributed by atoms with E-state index in [0.717, 1.165) is 38.9 Å². The fourth-order valence-electron chi connectivity index (χ4n) is 5.67. The Labute approximate surface area is 225 Å². The predicted octanol–water partition coefficient (Wildman–Crippen LogP) is 7.13. The lowest BCUT2D eigenvalue weighted by atomic mass is 9.85. The van der Waals surface area contributed by atoms with Crippen LogP contribution in [-0.2, 0) is 9.53 Å². The van der Waals surface area contributed by atoms with Gasteiger partial charge in [-0.05, 0) is 40.5 Å². The molecule has 0 spiro atoms. The summed E-state index contributed by atoms with van der Waals surface area (Å²) in [7, 11) is 0. The van der Waals surface area contributed by atoms with E-state index in [0.29, 0.717) is 22.3 Å². The molecule has 40 heavy (non-hydrogen) atoms. The Kier molecular flexibility index (Phi) is 5.41. The van der Waals surface area contributed by atoms with E-state index in [-0.39, 0.29) is 0 Å². The summed E-state index contributed by atoms with van der Waals surface area (Å²) in [5.41, 5.74) is 6.46. The lowest BCUT2D eigenvalue weighted by molar-refractivity contribution is -0.205. The minimum atomic E-state index is -5.16. The summed E-state index contributed by atoms with van der Waals surface area (Å²) >= 11 is 0. The number of benzene rings is 3. The third kappa shape index (κ3) is 3.81. The number of ether oxygens (including phenoxy) is 1. The van der Waals surface area contributed by atoms with Gasteiger partial charge in [0.25, 0.3) is 0 Å². The summed E-state index contributed by atoms with van der Waals surface area (Å²) in [5.74, 6) is -2.35. The molecule has 2 atom stereocenters. The van der Waals surface area contributed by atoms with Gasteiger partial charge in [-0.3, -0.25) is 9.97 Å². The van der Waals surface area contributed by atoms with E-state index in [9.17, 15) is 18.0 Å². The van der Waals surface area contributed by atoms with Crippen LogP contribution in [-0.4, -0.2) is 32.1 Å². The maximum absolute atomic E-state index is 13.6. The second kappa shape index (κ2) is 9.01. The lowest BCUT2D eigenvalue weighted by Gasteiger charge is -2.27. The second-order valence-corrected chi connectivity index (χ2v) is 9.55. The van der Waals surface area contributed by atoms with Crippen molar-refractivity contribution in [3.05, 3.63) is 114 Å². The van der Waals surface area contributed by atoms with Crippen molar-refractivity contribution in [3.8, 4) is 22.5 Å². The number of nitrogens with one attached hydrogen (secondary N) is 1. The number of imidazole rings is 1. The van der Waals surface area contributed by atoms with Crippen LogP contribution in [0.15, 0.2) is 97.5 Å². The first-order chi connectivity index (χ1) is 19.4. The zero-order chi connectivity index (χ0) is 27.4. The Morgan fingerprint density at radius 3 is 2.50 bits per heavy atom. The van der Waals surface area contributed by atoms with Gasteiger partial charge in [-0.1, -0.05) is 60.7 Å². The van der Waals surface area contributed by atoms with Gasteiger partial charge in [0.2, 0.25) is 0 Å². The van der Waals surface area contributed by atoms with Gasteiger partial charge in [0.15, 0.2) is 0 Å². The smallest absolute Gasteiger partial charge is 0.450 e. The van der Waals surface area contributed by atoms with E-state index in [1.165, 1.54) is 0 Å². The first-order valence-electron chi connectivity index (χ1n) is 12.5. The molecular formula is C31H19F3N4O2. The average Bonchev–Trinajstić information content (AvgIpc) is 3.55. The van der Waals surface area contributed by atoms with Crippen LogP contribution in [0.3, 0.4) is 0 Å². The van der Waals surface area contributed by atoms with E-state index < -0.39 is 24.2 Å². The minimum Gasteiger partial charge on any atom is -0.450 e. The van der Waals surface area contributed by atoms with Crippen LogP contribution in [0.2, 0.25) is 0 Å². The molecule has 1 N–H and O–H groups in total. The van der Waals surface area contributed by atoms with Gasteiger partial charge in [0.05, 0.1) is 28.7 Å². The number of halogens is 3. The van der Waals surface area contributed by atoms with Crippen LogP contribution >= 0.6 is 0 Å². The molecule has 9 heteroatoms. The van der Waals surface area contributed by atoms with E-state index in [1.807, 2.05) is 42.5 Å². The van der Waals surface area contributed by atoms with Crippen molar-refractivity contribution in [3.63, 3.8) is 0 Å². The molecule has 2 unspecified atom stereocenters. The minimum absolute atomic E-state index is 0.441. The molecule has 0 amide bonds. The number of carbonyl (C=O) groups is 1. The fourth-order valence-corrected chi connectivity index (χ4v) is 5.67. The monoisotopic (exact) mass is 536 g/mol. The summed E-state index contributed by atoms with van der Waals surface area (Å²) < 4.78 is 46.2. The Morgan fingerprint density at radius 1 is 0.850 bits per heavy atom. The van der Waals surface area contributed by atoms with Gasteiger partial charge in [-0.15, -0.1) is 0 Å². The predicted molar refractivity (Wildman–Crippen MR) is 143 cm³/mol. The molecule has 196 valence electrons. The number of hydrogen-bond acceptors (Lipinski definition) is 5. The van der Waals surface area contributed by atoms with Crippen molar-refractivity contribution >= 4 is 27.9 Å². The topological polar surface area (TPSA) is 80.8 Å². The van der Waals surface area contributed by atoms with Crippen molar-refractivity contribution < 1.29 is 22.7 Å². The molecule has 0 bridgehead atoms. The van der Waals surface area contributed by atoms with Crippen molar-refractivity contribution in [1.82, 2.24) is 19.9 Å². The molecule has 0 saturated heterocycles. The first kappa shape index (κ1) is 24.0. The summed E-state index contributed by atoms with van der Waals surface area (Å²) in [4.78, 5) is 28.9. The maximum Gasteiger partial charge on any atom is 0.490 e. The number of nitrogens with zero attached hydrogens (tertiary/aromatic N) is 3. The number of aromatic amines is 1. The number of fused-ring (bicyclic) bond motifs is 5. The summed E-state index contributed by atoms with van der Waals surface area (Å²) in [6.45, 7) is 0. The SMILES string of the molecule is O=C(OC(c1cccc2ncccc12)C1c2ccccc2-c2c(-c3nc4ccncc4[nH]3)cccc21)C(F)(F)F. The highest BCUT2D eigenvalue weighted by molar-refractivity contribution is 5.93. The van der Waals surface area contributed by atoms with Crippen LogP contribution in [0.5, 0.6) is 0 Å². The third-order valence-electron chi connectivity index (χ3n) is 7.29. The van der Waals surface area contributed by atoms with Gasteiger partial charge >= 0.3 is 12.1 Å². The quantitative estimate of drug-likeness (QED) is 0.243.